The summed E-state index contributed by atoms with van der Waals surface area (Å²) < 4.78 is 28.3. The Labute approximate surface area is 183 Å². The van der Waals surface area contributed by atoms with Crippen LogP contribution in [0.1, 0.15) is 38.5 Å². The molecule has 1 aliphatic rings. The molecule has 4 nitrogen and oxygen atoms in total. The fourth-order valence-electron chi connectivity index (χ4n) is 4.05. The van der Waals surface area contributed by atoms with Crippen molar-refractivity contribution in [2.24, 2.45) is 0 Å². The largest absolute Gasteiger partial charge is 0.298 e. The first-order chi connectivity index (χ1) is 14.9. The van der Waals surface area contributed by atoms with Gasteiger partial charge >= 0.3 is 0 Å². The average molecular weight is 432 g/mol. The van der Waals surface area contributed by atoms with Gasteiger partial charge in [0, 0.05) is 24.6 Å². The minimum absolute atomic E-state index is 0.180. The molecule has 0 N–H and O–H groups in total. The van der Waals surface area contributed by atoms with Gasteiger partial charge in [0.15, 0.2) is 0 Å². The van der Waals surface area contributed by atoms with Gasteiger partial charge in [-0.2, -0.15) is 4.31 Å². The van der Waals surface area contributed by atoms with E-state index in [-0.39, 0.29) is 10.8 Å². The second kappa shape index (κ2) is 8.61. The number of hydrogen-bond acceptors (Lipinski definition) is 3. The minimum Gasteiger partial charge on any atom is -0.298 e. The van der Waals surface area contributed by atoms with E-state index in [1.807, 2.05) is 80.6 Å². The van der Waals surface area contributed by atoms with Gasteiger partial charge in [-0.3, -0.25) is 4.79 Å². The lowest BCUT2D eigenvalue weighted by molar-refractivity contribution is 0.112. The maximum atomic E-state index is 13.4. The van der Waals surface area contributed by atoms with E-state index in [4.69, 9.17) is 0 Å². The van der Waals surface area contributed by atoms with Gasteiger partial charge in [0.2, 0.25) is 10.0 Å². The summed E-state index contributed by atoms with van der Waals surface area (Å²) in [4.78, 5) is 12.0. The highest BCUT2D eigenvalue weighted by molar-refractivity contribution is 7.89. The molecule has 0 amide bonds. The van der Waals surface area contributed by atoms with Crippen molar-refractivity contribution in [1.29, 1.82) is 0 Å². The maximum absolute atomic E-state index is 13.4. The summed E-state index contributed by atoms with van der Waals surface area (Å²) in [6.07, 6.45) is 2.90. The van der Waals surface area contributed by atoms with E-state index >= 15 is 0 Å². The lowest BCUT2D eigenvalue weighted by atomic mass is 9.88. The fraction of sp³-hybridized carbons (Fsp3) is 0.192. The number of aryl methyl sites for hydroxylation is 2. The van der Waals surface area contributed by atoms with Crippen LogP contribution in [0.2, 0.25) is 0 Å². The molecule has 0 bridgehead atoms. The van der Waals surface area contributed by atoms with E-state index in [2.05, 4.69) is 0 Å². The van der Waals surface area contributed by atoms with Crippen LogP contribution in [0, 0.1) is 13.8 Å². The SMILES string of the molecule is Cc1ccc(S(=O)(=O)N2C/C(=C\c3ccccc3)C(c3cc(C)ccc3C=O)C2)cc1. The Bertz CT molecular complexity index is 1230. The third kappa shape index (κ3) is 4.38. The van der Waals surface area contributed by atoms with Gasteiger partial charge < -0.3 is 0 Å². The smallest absolute Gasteiger partial charge is 0.243 e. The summed E-state index contributed by atoms with van der Waals surface area (Å²) in [6, 6.07) is 22.5. The second-order valence-corrected chi connectivity index (χ2v) is 9.98. The Kier molecular flexibility index (Phi) is 5.90. The molecule has 158 valence electrons. The molecule has 5 heteroatoms. The Morgan fingerprint density at radius 1 is 0.903 bits per heavy atom. The lowest BCUT2D eigenvalue weighted by Gasteiger charge is -2.17. The lowest BCUT2D eigenvalue weighted by Crippen LogP contribution is -2.28. The zero-order valence-corrected chi connectivity index (χ0v) is 18.5. The van der Waals surface area contributed by atoms with Crippen LogP contribution in [0.15, 0.2) is 83.3 Å². The van der Waals surface area contributed by atoms with Crippen LogP contribution in [0.3, 0.4) is 0 Å². The molecule has 0 saturated carbocycles. The molecular formula is C26H25NO3S. The molecule has 31 heavy (non-hydrogen) atoms. The predicted octanol–water partition coefficient (Wildman–Crippen LogP) is 4.99. The number of benzene rings is 3. The third-order valence-electron chi connectivity index (χ3n) is 5.75. The summed E-state index contributed by atoms with van der Waals surface area (Å²) in [7, 11) is -3.65. The van der Waals surface area contributed by atoms with Crippen molar-refractivity contribution in [3.05, 3.63) is 106 Å². The molecule has 3 aromatic carbocycles. The van der Waals surface area contributed by atoms with Crippen molar-refractivity contribution >= 4 is 22.4 Å². The molecular weight excluding hydrogens is 406 g/mol. The standard InChI is InChI=1S/C26H25NO3S/c1-19-9-12-24(13-10-19)31(29,30)27-16-23(15-21-6-4-3-5-7-21)26(17-27)25-14-20(2)8-11-22(25)18-28/h3-15,18,26H,16-17H2,1-2H3/b23-15+. The number of rotatable bonds is 5. The van der Waals surface area contributed by atoms with Crippen LogP contribution >= 0.6 is 0 Å². The van der Waals surface area contributed by atoms with E-state index < -0.39 is 10.0 Å². The first kappa shape index (κ1) is 21.2. The van der Waals surface area contributed by atoms with Crippen molar-refractivity contribution in [3.8, 4) is 0 Å². The fourth-order valence-corrected chi connectivity index (χ4v) is 5.50. The molecule has 1 aliphatic heterocycles. The first-order valence-electron chi connectivity index (χ1n) is 10.3. The Hall–Kier alpha value is -3.02. The minimum atomic E-state index is -3.65. The van der Waals surface area contributed by atoms with E-state index in [1.54, 1.807) is 12.1 Å². The Balaban J connectivity index is 1.79. The van der Waals surface area contributed by atoms with Gasteiger partial charge in [-0.15, -0.1) is 0 Å². The zero-order valence-electron chi connectivity index (χ0n) is 17.7. The maximum Gasteiger partial charge on any atom is 0.243 e. The summed E-state index contributed by atoms with van der Waals surface area (Å²) in [5.74, 6) is -0.180. The van der Waals surface area contributed by atoms with Crippen LogP contribution in [0.4, 0.5) is 0 Å². The number of carbonyl (C=O) groups excluding carboxylic acids is 1. The number of nitrogens with zero attached hydrogens (tertiary/aromatic N) is 1. The van der Waals surface area contributed by atoms with Crippen LogP contribution in [0.5, 0.6) is 0 Å². The Morgan fingerprint density at radius 3 is 2.26 bits per heavy atom. The Morgan fingerprint density at radius 2 is 1.58 bits per heavy atom. The summed E-state index contributed by atoms with van der Waals surface area (Å²) >= 11 is 0. The molecule has 0 spiro atoms. The van der Waals surface area contributed by atoms with Gasteiger partial charge in [-0.05, 0) is 42.7 Å². The quantitative estimate of drug-likeness (QED) is 0.535. The number of aldehydes is 1. The van der Waals surface area contributed by atoms with Crippen LogP contribution < -0.4 is 0 Å². The van der Waals surface area contributed by atoms with E-state index in [9.17, 15) is 13.2 Å². The normalized spacial score (nSPS) is 18.4. The van der Waals surface area contributed by atoms with Gasteiger partial charge in [0.05, 0.1) is 4.90 Å². The molecule has 0 radical (unpaired) electrons. The molecule has 1 heterocycles. The molecule has 1 unspecified atom stereocenters. The third-order valence-corrected chi connectivity index (χ3v) is 7.57. The predicted molar refractivity (Wildman–Crippen MR) is 124 cm³/mol. The molecule has 1 fully saturated rings. The van der Waals surface area contributed by atoms with E-state index in [0.29, 0.717) is 18.7 Å². The molecule has 1 atom stereocenters. The van der Waals surface area contributed by atoms with Crippen molar-refractivity contribution in [1.82, 2.24) is 4.31 Å². The van der Waals surface area contributed by atoms with Crippen LogP contribution in [-0.2, 0) is 10.0 Å². The first-order valence-corrected chi connectivity index (χ1v) is 11.7. The monoisotopic (exact) mass is 431 g/mol. The van der Waals surface area contributed by atoms with Gasteiger partial charge in [0.1, 0.15) is 6.29 Å². The molecule has 3 aromatic rings. The van der Waals surface area contributed by atoms with Crippen LogP contribution in [0.25, 0.3) is 6.08 Å². The van der Waals surface area contributed by atoms with Crippen molar-refractivity contribution in [2.45, 2.75) is 24.7 Å². The van der Waals surface area contributed by atoms with E-state index in [0.717, 1.165) is 34.1 Å². The van der Waals surface area contributed by atoms with E-state index in [1.165, 1.54) is 4.31 Å². The summed E-state index contributed by atoms with van der Waals surface area (Å²) in [6.45, 7) is 4.51. The highest BCUT2D eigenvalue weighted by Gasteiger charge is 2.37. The van der Waals surface area contributed by atoms with Gasteiger partial charge in [-0.1, -0.05) is 77.9 Å². The molecule has 0 aromatic heterocycles. The number of sulfonamides is 1. The summed E-state index contributed by atoms with van der Waals surface area (Å²) in [5, 5.41) is 0. The number of carbonyl (C=O) groups is 1. The van der Waals surface area contributed by atoms with Crippen molar-refractivity contribution in [2.75, 3.05) is 13.1 Å². The summed E-state index contributed by atoms with van der Waals surface area (Å²) in [5.41, 5.74) is 5.52. The number of hydrogen-bond donors (Lipinski definition) is 0. The van der Waals surface area contributed by atoms with Crippen LogP contribution in [-0.4, -0.2) is 32.1 Å². The molecule has 1 saturated heterocycles. The van der Waals surface area contributed by atoms with Gasteiger partial charge in [0.25, 0.3) is 0 Å². The average Bonchev–Trinajstić information content (AvgIpc) is 3.19. The molecule has 0 aliphatic carbocycles. The highest BCUT2D eigenvalue weighted by atomic mass is 32.2. The molecule has 4 rings (SSSR count). The second-order valence-electron chi connectivity index (χ2n) is 8.04. The topological polar surface area (TPSA) is 54.5 Å². The van der Waals surface area contributed by atoms with Crippen molar-refractivity contribution < 1.29 is 13.2 Å². The van der Waals surface area contributed by atoms with Crippen molar-refractivity contribution in [3.63, 3.8) is 0 Å². The highest BCUT2D eigenvalue weighted by Crippen LogP contribution is 2.38. The zero-order chi connectivity index (χ0) is 22.0. The van der Waals surface area contributed by atoms with Gasteiger partial charge in [-0.25, -0.2) is 8.42 Å².